The Morgan fingerprint density at radius 2 is 2.03 bits per heavy atom. The summed E-state index contributed by atoms with van der Waals surface area (Å²) >= 11 is 0. The van der Waals surface area contributed by atoms with Crippen molar-refractivity contribution in [3.63, 3.8) is 0 Å². The first-order valence-electron chi connectivity index (χ1n) is 10.9. The van der Waals surface area contributed by atoms with E-state index >= 15 is 0 Å². The number of hydrogen-bond acceptors (Lipinski definition) is 8. The number of nitrogens with zero attached hydrogens (tertiary/aromatic N) is 6. The quantitative estimate of drug-likeness (QED) is 0.554. The molecule has 0 atom stereocenters. The number of aromatic nitrogens is 6. The van der Waals surface area contributed by atoms with Crippen LogP contribution in [0.1, 0.15) is 47.6 Å². The van der Waals surface area contributed by atoms with Crippen LogP contribution in [0.4, 0.5) is 4.39 Å². The fourth-order valence-electron chi connectivity index (χ4n) is 3.91. The normalized spacial score (nSPS) is 18.2. The van der Waals surface area contributed by atoms with Gasteiger partial charge in [0.25, 0.3) is 5.91 Å². The van der Waals surface area contributed by atoms with Crippen LogP contribution in [0, 0.1) is 18.7 Å². The summed E-state index contributed by atoms with van der Waals surface area (Å²) in [4.78, 5) is 22.9. The summed E-state index contributed by atoms with van der Waals surface area (Å²) in [6, 6.07) is 6.24. The summed E-state index contributed by atoms with van der Waals surface area (Å²) in [5.74, 6) is 0.494. The average Bonchev–Trinajstić information content (AvgIpc) is 3.28. The van der Waals surface area contributed by atoms with Crippen LogP contribution in [0.25, 0.3) is 11.5 Å². The molecule has 2 aromatic heterocycles. The van der Waals surface area contributed by atoms with Crippen molar-refractivity contribution in [1.29, 1.82) is 0 Å². The number of aryl methyl sites for hydroxylation is 1. The SMILES string of the molecule is COc1cc(CNC(=O)c2cc(-c3nnn(CC4CCC(N)CC4)n3)nc(C)n2)ccc1F. The van der Waals surface area contributed by atoms with Gasteiger partial charge in [0.05, 0.1) is 13.7 Å². The third kappa shape index (κ3) is 5.67. The highest BCUT2D eigenvalue weighted by Gasteiger charge is 2.21. The maximum Gasteiger partial charge on any atom is 0.270 e. The number of nitrogens with one attached hydrogen (secondary N) is 1. The summed E-state index contributed by atoms with van der Waals surface area (Å²) in [6.07, 6.45) is 4.13. The molecule has 1 amide bonds. The zero-order valence-corrected chi connectivity index (χ0v) is 18.7. The molecule has 4 rings (SSSR count). The minimum atomic E-state index is -0.462. The number of nitrogens with two attached hydrogens (primary N) is 1. The van der Waals surface area contributed by atoms with Crippen LogP contribution in [0.2, 0.25) is 0 Å². The minimum absolute atomic E-state index is 0.118. The molecule has 0 radical (unpaired) electrons. The molecule has 1 aromatic carbocycles. The maximum atomic E-state index is 13.6. The van der Waals surface area contributed by atoms with Crippen LogP contribution in [0.3, 0.4) is 0 Å². The predicted octanol–water partition coefficient (Wildman–Crippen LogP) is 2.03. The number of carbonyl (C=O) groups excluding carboxylic acids is 1. The van der Waals surface area contributed by atoms with Gasteiger partial charge in [0.15, 0.2) is 11.6 Å². The molecular formula is C22H27FN8O2. The summed E-state index contributed by atoms with van der Waals surface area (Å²) in [5, 5.41) is 15.5. The predicted molar refractivity (Wildman–Crippen MR) is 118 cm³/mol. The van der Waals surface area contributed by atoms with Crippen molar-refractivity contribution in [3.8, 4) is 17.3 Å². The Bertz CT molecular complexity index is 1130. The highest BCUT2D eigenvalue weighted by atomic mass is 19.1. The number of halogens is 1. The van der Waals surface area contributed by atoms with E-state index in [-0.39, 0.29) is 18.0 Å². The third-order valence-electron chi connectivity index (χ3n) is 5.73. The second-order valence-electron chi connectivity index (χ2n) is 8.29. The van der Waals surface area contributed by atoms with Crippen molar-refractivity contribution in [1.82, 2.24) is 35.5 Å². The largest absolute Gasteiger partial charge is 0.494 e. The molecule has 1 saturated carbocycles. The smallest absolute Gasteiger partial charge is 0.270 e. The Kier molecular flexibility index (Phi) is 6.87. The fourth-order valence-corrected chi connectivity index (χ4v) is 3.91. The van der Waals surface area contributed by atoms with E-state index in [0.29, 0.717) is 41.4 Å². The second-order valence-corrected chi connectivity index (χ2v) is 8.29. The van der Waals surface area contributed by atoms with Gasteiger partial charge < -0.3 is 15.8 Å². The van der Waals surface area contributed by atoms with E-state index in [0.717, 1.165) is 25.7 Å². The number of carbonyl (C=O) groups is 1. The summed E-state index contributed by atoms with van der Waals surface area (Å²) < 4.78 is 18.6. The van der Waals surface area contributed by atoms with Crippen LogP contribution < -0.4 is 15.8 Å². The molecule has 10 nitrogen and oxygen atoms in total. The van der Waals surface area contributed by atoms with Crippen molar-refractivity contribution in [2.45, 2.75) is 51.7 Å². The van der Waals surface area contributed by atoms with E-state index in [1.54, 1.807) is 17.8 Å². The highest BCUT2D eigenvalue weighted by Crippen LogP contribution is 2.24. The van der Waals surface area contributed by atoms with Gasteiger partial charge in [-0.25, -0.2) is 14.4 Å². The molecule has 0 bridgehead atoms. The Labute approximate surface area is 190 Å². The van der Waals surface area contributed by atoms with Gasteiger partial charge in [-0.05, 0) is 67.5 Å². The molecule has 0 aliphatic heterocycles. The first-order chi connectivity index (χ1) is 15.9. The topological polar surface area (TPSA) is 134 Å². The molecule has 1 aliphatic carbocycles. The maximum absolute atomic E-state index is 13.6. The van der Waals surface area contributed by atoms with Gasteiger partial charge >= 0.3 is 0 Å². The van der Waals surface area contributed by atoms with Crippen molar-refractivity contribution < 1.29 is 13.9 Å². The first-order valence-corrected chi connectivity index (χ1v) is 10.9. The molecule has 11 heteroatoms. The summed E-state index contributed by atoms with van der Waals surface area (Å²) in [5.41, 5.74) is 7.28. The van der Waals surface area contributed by atoms with Crippen LogP contribution in [-0.4, -0.2) is 49.2 Å². The van der Waals surface area contributed by atoms with Gasteiger partial charge in [0.2, 0.25) is 5.82 Å². The van der Waals surface area contributed by atoms with E-state index in [1.165, 1.54) is 25.3 Å². The van der Waals surface area contributed by atoms with Crippen molar-refractivity contribution in [2.24, 2.45) is 11.7 Å². The standard InChI is InChI=1S/C22H27FN8O2/c1-13-26-18(21-28-30-31(29-21)12-14-3-6-16(24)7-4-14)10-19(27-13)22(32)25-11-15-5-8-17(23)20(9-15)33-2/h5,8-10,14,16H,3-4,6-7,11-12,24H2,1-2H3,(H,25,32). The molecule has 1 aliphatic rings. The Morgan fingerprint density at radius 3 is 2.79 bits per heavy atom. The molecule has 3 N–H and O–H groups in total. The zero-order valence-electron chi connectivity index (χ0n) is 18.7. The van der Waals surface area contributed by atoms with Gasteiger partial charge in [-0.2, -0.15) is 4.80 Å². The zero-order chi connectivity index (χ0) is 23.4. The van der Waals surface area contributed by atoms with Gasteiger partial charge in [0.1, 0.15) is 17.2 Å². The number of tetrazole rings is 1. The first kappa shape index (κ1) is 22.7. The number of hydrogen-bond donors (Lipinski definition) is 2. The van der Waals surface area contributed by atoms with Crippen molar-refractivity contribution in [3.05, 3.63) is 47.2 Å². The van der Waals surface area contributed by atoms with Gasteiger partial charge in [0, 0.05) is 12.6 Å². The number of ether oxygens (including phenoxy) is 1. The minimum Gasteiger partial charge on any atom is -0.494 e. The lowest BCUT2D eigenvalue weighted by Gasteiger charge is -2.25. The Morgan fingerprint density at radius 1 is 1.24 bits per heavy atom. The van der Waals surface area contributed by atoms with Crippen LogP contribution >= 0.6 is 0 Å². The fraction of sp³-hybridized carbons (Fsp3) is 0.455. The molecular weight excluding hydrogens is 427 g/mol. The number of benzene rings is 1. The van der Waals surface area contributed by atoms with E-state index in [1.807, 2.05) is 0 Å². The number of rotatable bonds is 7. The highest BCUT2D eigenvalue weighted by molar-refractivity contribution is 5.93. The molecule has 33 heavy (non-hydrogen) atoms. The molecule has 3 aromatic rings. The molecule has 0 unspecified atom stereocenters. The van der Waals surface area contributed by atoms with E-state index in [2.05, 4.69) is 30.7 Å². The van der Waals surface area contributed by atoms with E-state index in [9.17, 15) is 9.18 Å². The lowest BCUT2D eigenvalue weighted by molar-refractivity contribution is 0.0945. The molecule has 174 valence electrons. The summed E-state index contributed by atoms with van der Waals surface area (Å²) in [6.45, 7) is 2.56. The Balaban J connectivity index is 1.43. The van der Waals surface area contributed by atoms with Crippen LogP contribution in [0.15, 0.2) is 24.3 Å². The van der Waals surface area contributed by atoms with Gasteiger partial charge in [-0.3, -0.25) is 4.79 Å². The Hall–Kier alpha value is -3.47. The van der Waals surface area contributed by atoms with E-state index < -0.39 is 11.7 Å². The van der Waals surface area contributed by atoms with Crippen molar-refractivity contribution in [2.75, 3.05) is 7.11 Å². The lowest BCUT2D eigenvalue weighted by Crippen LogP contribution is -2.28. The average molecular weight is 455 g/mol. The van der Waals surface area contributed by atoms with E-state index in [4.69, 9.17) is 10.5 Å². The van der Waals surface area contributed by atoms with Gasteiger partial charge in [-0.1, -0.05) is 6.07 Å². The molecule has 2 heterocycles. The molecule has 1 fully saturated rings. The lowest BCUT2D eigenvalue weighted by atomic mass is 9.86. The number of methoxy groups -OCH3 is 1. The van der Waals surface area contributed by atoms with Gasteiger partial charge in [-0.15, -0.1) is 10.2 Å². The van der Waals surface area contributed by atoms with Crippen molar-refractivity contribution >= 4 is 5.91 Å². The monoisotopic (exact) mass is 454 g/mol. The molecule has 0 spiro atoms. The third-order valence-corrected chi connectivity index (χ3v) is 5.73. The van der Waals surface area contributed by atoms with Crippen LogP contribution in [0.5, 0.6) is 5.75 Å². The summed E-state index contributed by atoms with van der Waals surface area (Å²) in [7, 11) is 1.39. The second kappa shape index (κ2) is 9.99. The molecule has 0 saturated heterocycles. The van der Waals surface area contributed by atoms with Crippen LogP contribution in [-0.2, 0) is 13.1 Å². The number of amides is 1.